The lowest BCUT2D eigenvalue weighted by Gasteiger charge is -2.39. The molecule has 1 aromatic rings. The third-order valence-electron chi connectivity index (χ3n) is 4.45. The highest BCUT2D eigenvalue weighted by molar-refractivity contribution is 5.89. The van der Waals surface area contributed by atoms with Crippen LogP contribution in [0.4, 0.5) is 0 Å². The third-order valence-corrected chi connectivity index (χ3v) is 4.45. The van der Waals surface area contributed by atoms with E-state index in [9.17, 15) is 4.79 Å². The van der Waals surface area contributed by atoms with E-state index in [4.69, 9.17) is 10.5 Å². The molecule has 1 amide bonds. The van der Waals surface area contributed by atoms with Crippen molar-refractivity contribution < 1.29 is 9.53 Å². The molecule has 3 heteroatoms. The second kappa shape index (κ2) is 3.57. The Morgan fingerprint density at radius 1 is 1.29 bits per heavy atom. The Hall–Kier alpha value is -1.35. The van der Waals surface area contributed by atoms with Crippen molar-refractivity contribution in [3.05, 3.63) is 35.4 Å². The Morgan fingerprint density at radius 2 is 1.88 bits per heavy atom. The second-order valence-electron chi connectivity index (χ2n) is 5.41. The molecule has 0 radical (unpaired) electrons. The number of nitrogens with two attached hydrogens (primary N) is 1. The third kappa shape index (κ3) is 1.29. The summed E-state index contributed by atoms with van der Waals surface area (Å²) in [4.78, 5) is 11.9. The number of methoxy groups -OCH3 is 1. The molecule has 0 bridgehead atoms. The molecular formula is C14H19NO2. The number of benzene rings is 1. The van der Waals surface area contributed by atoms with E-state index in [-0.39, 0.29) is 17.4 Å². The molecule has 0 saturated heterocycles. The van der Waals surface area contributed by atoms with Crippen LogP contribution in [0.25, 0.3) is 0 Å². The maximum Gasteiger partial charge on any atom is 0.228 e. The monoisotopic (exact) mass is 233 g/mol. The molecule has 1 aliphatic carbocycles. The first kappa shape index (κ1) is 12.1. The van der Waals surface area contributed by atoms with Crippen LogP contribution in [0.2, 0.25) is 0 Å². The van der Waals surface area contributed by atoms with Gasteiger partial charge < -0.3 is 10.5 Å². The predicted molar refractivity (Wildman–Crippen MR) is 66.5 cm³/mol. The molecule has 2 N–H and O–H groups in total. The number of carbonyl (C=O) groups is 1. The lowest BCUT2D eigenvalue weighted by atomic mass is 9.66. The molecule has 1 aromatic carbocycles. The number of ether oxygens (including phenoxy) is 1. The van der Waals surface area contributed by atoms with Gasteiger partial charge in [0.05, 0.1) is 11.5 Å². The highest BCUT2D eigenvalue weighted by Crippen LogP contribution is 2.58. The van der Waals surface area contributed by atoms with Gasteiger partial charge in [-0.1, -0.05) is 38.1 Å². The number of carbonyl (C=O) groups excluding carboxylic acids is 1. The molecule has 92 valence electrons. The van der Waals surface area contributed by atoms with E-state index >= 15 is 0 Å². The first-order valence-electron chi connectivity index (χ1n) is 5.79. The van der Waals surface area contributed by atoms with E-state index < -0.39 is 5.41 Å². The van der Waals surface area contributed by atoms with Crippen LogP contribution in [0.3, 0.4) is 0 Å². The van der Waals surface area contributed by atoms with Crippen molar-refractivity contribution in [3.63, 3.8) is 0 Å². The van der Waals surface area contributed by atoms with Crippen LogP contribution in [-0.2, 0) is 14.9 Å². The van der Waals surface area contributed by atoms with Crippen LogP contribution in [0.15, 0.2) is 24.3 Å². The highest BCUT2D eigenvalue weighted by Gasteiger charge is 2.58. The average Bonchev–Trinajstić information content (AvgIpc) is 2.45. The van der Waals surface area contributed by atoms with Gasteiger partial charge in [0.1, 0.15) is 0 Å². The summed E-state index contributed by atoms with van der Waals surface area (Å²) in [5, 5.41) is 0. The highest BCUT2D eigenvalue weighted by atomic mass is 16.5. The van der Waals surface area contributed by atoms with E-state index in [0.29, 0.717) is 0 Å². The normalized spacial score (nSPS) is 30.0. The number of hydrogen-bond acceptors (Lipinski definition) is 2. The fourth-order valence-electron chi connectivity index (χ4n) is 3.05. The topological polar surface area (TPSA) is 52.3 Å². The van der Waals surface area contributed by atoms with Crippen LogP contribution in [-0.4, -0.2) is 13.0 Å². The molecule has 17 heavy (non-hydrogen) atoms. The SMILES string of the molecule is CO[C@H]1c2ccccc2[C@@](C)(C(N)=O)C1(C)C. The second-order valence-corrected chi connectivity index (χ2v) is 5.41. The molecule has 0 aromatic heterocycles. The van der Waals surface area contributed by atoms with Gasteiger partial charge in [0.2, 0.25) is 5.91 Å². The summed E-state index contributed by atoms with van der Waals surface area (Å²) < 4.78 is 5.59. The van der Waals surface area contributed by atoms with Gasteiger partial charge in [-0.25, -0.2) is 0 Å². The minimum absolute atomic E-state index is 0.101. The lowest BCUT2D eigenvalue weighted by Crippen LogP contribution is -2.48. The molecule has 0 spiro atoms. The van der Waals surface area contributed by atoms with E-state index in [1.807, 2.05) is 45.0 Å². The number of hydrogen-bond donors (Lipinski definition) is 1. The molecule has 1 aliphatic rings. The van der Waals surface area contributed by atoms with Crippen molar-refractivity contribution in [2.45, 2.75) is 32.3 Å². The quantitative estimate of drug-likeness (QED) is 0.851. The van der Waals surface area contributed by atoms with Gasteiger partial charge in [-0.2, -0.15) is 0 Å². The fourth-order valence-corrected chi connectivity index (χ4v) is 3.05. The molecule has 0 saturated carbocycles. The van der Waals surface area contributed by atoms with Crippen molar-refractivity contribution in [1.29, 1.82) is 0 Å². The molecule has 3 nitrogen and oxygen atoms in total. The van der Waals surface area contributed by atoms with Crippen LogP contribution >= 0.6 is 0 Å². The first-order valence-corrected chi connectivity index (χ1v) is 5.79. The van der Waals surface area contributed by atoms with Crippen LogP contribution in [0.5, 0.6) is 0 Å². The smallest absolute Gasteiger partial charge is 0.228 e. The number of primary amides is 1. The Morgan fingerprint density at radius 3 is 2.41 bits per heavy atom. The molecule has 0 unspecified atom stereocenters. The van der Waals surface area contributed by atoms with Gasteiger partial charge in [-0.15, -0.1) is 0 Å². The summed E-state index contributed by atoms with van der Waals surface area (Å²) >= 11 is 0. The summed E-state index contributed by atoms with van der Waals surface area (Å²) in [7, 11) is 1.68. The number of amides is 1. The van der Waals surface area contributed by atoms with Crippen LogP contribution in [0, 0.1) is 5.41 Å². The van der Waals surface area contributed by atoms with Gasteiger partial charge in [-0.3, -0.25) is 4.79 Å². The van der Waals surface area contributed by atoms with Crippen LogP contribution in [0.1, 0.15) is 38.0 Å². The van der Waals surface area contributed by atoms with E-state index in [1.165, 1.54) is 0 Å². The van der Waals surface area contributed by atoms with E-state index in [1.54, 1.807) is 7.11 Å². The molecule has 0 aliphatic heterocycles. The Labute approximate surface area is 102 Å². The fraction of sp³-hybridized carbons (Fsp3) is 0.500. The van der Waals surface area contributed by atoms with Crippen LogP contribution < -0.4 is 5.73 Å². The summed E-state index contributed by atoms with van der Waals surface area (Å²) in [5.41, 5.74) is 6.67. The summed E-state index contributed by atoms with van der Waals surface area (Å²) in [5.74, 6) is -0.297. The van der Waals surface area contributed by atoms with E-state index in [2.05, 4.69) is 0 Å². The average molecular weight is 233 g/mol. The predicted octanol–water partition coefficient (Wildman–Crippen LogP) is 2.16. The largest absolute Gasteiger partial charge is 0.376 e. The maximum atomic E-state index is 11.9. The van der Waals surface area contributed by atoms with E-state index in [0.717, 1.165) is 11.1 Å². The zero-order chi connectivity index (χ0) is 12.8. The number of fused-ring (bicyclic) bond motifs is 1. The van der Waals surface area contributed by atoms with Crippen molar-refractivity contribution in [2.24, 2.45) is 11.1 Å². The Bertz CT molecular complexity index is 467. The maximum absolute atomic E-state index is 11.9. The molecular weight excluding hydrogens is 214 g/mol. The Balaban J connectivity index is 2.74. The minimum Gasteiger partial charge on any atom is -0.376 e. The van der Waals surface area contributed by atoms with Crippen molar-refractivity contribution in [3.8, 4) is 0 Å². The standard InChI is InChI=1S/C14H19NO2/c1-13(2)11(17-4)9-7-5-6-8-10(9)14(13,3)12(15)16/h5-8,11H,1-4H3,(H2,15,16)/t11-,14-/m0/s1. The van der Waals surface area contributed by atoms with Gasteiger partial charge in [0.15, 0.2) is 0 Å². The molecule has 2 atom stereocenters. The Kier molecular flexibility index (Phi) is 2.54. The molecule has 0 heterocycles. The minimum atomic E-state index is -0.690. The van der Waals surface area contributed by atoms with Crippen molar-refractivity contribution in [2.75, 3.05) is 7.11 Å². The first-order chi connectivity index (χ1) is 7.87. The zero-order valence-electron chi connectivity index (χ0n) is 10.8. The van der Waals surface area contributed by atoms with Crippen molar-refractivity contribution >= 4 is 5.91 Å². The molecule has 0 fully saturated rings. The zero-order valence-corrected chi connectivity index (χ0v) is 10.8. The van der Waals surface area contributed by atoms with Gasteiger partial charge in [0.25, 0.3) is 0 Å². The van der Waals surface area contributed by atoms with Gasteiger partial charge >= 0.3 is 0 Å². The molecule has 2 rings (SSSR count). The lowest BCUT2D eigenvalue weighted by molar-refractivity contribution is -0.130. The number of rotatable bonds is 2. The van der Waals surface area contributed by atoms with Crippen molar-refractivity contribution in [1.82, 2.24) is 0 Å². The summed E-state index contributed by atoms with van der Waals surface area (Å²) in [6.45, 7) is 5.98. The summed E-state index contributed by atoms with van der Waals surface area (Å²) in [6.07, 6.45) is -0.101. The van der Waals surface area contributed by atoms with Gasteiger partial charge in [0, 0.05) is 12.5 Å². The van der Waals surface area contributed by atoms with Gasteiger partial charge in [-0.05, 0) is 18.1 Å². The summed E-state index contributed by atoms with van der Waals surface area (Å²) in [6, 6.07) is 7.89.